The number of hydrogen-bond acceptors (Lipinski definition) is 6. The van der Waals surface area contributed by atoms with Crippen LogP contribution in [0.15, 0.2) is 64.7 Å². The van der Waals surface area contributed by atoms with Gasteiger partial charge in [-0.05, 0) is 36.4 Å². The Balaban J connectivity index is 1.70. The van der Waals surface area contributed by atoms with Crippen molar-refractivity contribution in [3.05, 3.63) is 71.0 Å². The SMILES string of the molecule is COc1ccc(NC(=O)CSc2nccn(-c3ccc(F)cc3)c2=O)c(OC)c1. The first kappa shape index (κ1) is 20.4. The van der Waals surface area contributed by atoms with Gasteiger partial charge in [-0.1, -0.05) is 11.8 Å². The predicted molar refractivity (Wildman–Crippen MR) is 109 cm³/mol. The van der Waals surface area contributed by atoms with Crippen molar-refractivity contribution in [2.24, 2.45) is 0 Å². The maximum Gasteiger partial charge on any atom is 0.287 e. The Bertz CT molecular complexity index is 1070. The molecule has 0 saturated carbocycles. The molecule has 0 saturated heterocycles. The lowest BCUT2D eigenvalue weighted by Crippen LogP contribution is -2.22. The van der Waals surface area contributed by atoms with Gasteiger partial charge in [0.2, 0.25) is 5.91 Å². The lowest BCUT2D eigenvalue weighted by molar-refractivity contribution is -0.113. The van der Waals surface area contributed by atoms with Crippen molar-refractivity contribution < 1.29 is 18.7 Å². The van der Waals surface area contributed by atoms with Crippen LogP contribution in [0.4, 0.5) is 10.1 Å². The second-order valence-electron chi connectivity index (χ2n) is 5.79. The lowest BCUT2D eigenvalue weighted by atomic mass is 10.2. The second kappa shape index (κ2) is 9.24. The Morgan fingerprint density at radius 1 is 1.17 bits per heavy atom. The number of benzene rings is 2. The molecule has 1 amide bonds. The first-order chi connectivity index (χ1) is 14.0. The standard InChI is InChI=1S/C20H18FN3O4S/c1-27-15-7-8-16(17(11-15)28-2)23-18(25)12-29-19-20(26)24(10-9-22-19)14-5-3-13(21)4-6-14/h3-11H,12H2,1-2H3,(H,23,25). The third-order valence-electron chi connectivity index (χ3n) is 3.94. The van der Waals surface area contributed by atoms with Crippen LogP contribution in [0.3, 0.4) is 0 Å². The van der Waals surface area contributed by atoms with Crippen LogP contribution in [0.25, 0.3) is 5.69 Å². The Morgan fingerprint density at radius 2 is 1.93 bits per heavy atom. The zero-order valence-corrected chi connectivity index (χ0v) is 16.5. The molecule has 0 bridgehead atoms. The number of halogens is 1. The summed E-state index contributed by atoms with van der Waals surface area (Å²) in [5, 5.41) is 2.90. The lowest BCUT2D eigenvalue weighted by Gasteiger charge is -2.11. The van der Waals surface area contributed by atoms with E-state index < -0.39 is 5.82 Å². The number of nitrogens with zero attached hydrogens (tertiary/aromatic N) is 2. The van der Waals surface area contributed by atoms with Crippen molar-refractivity contribution in [2.45, 2.75) is 5.03 Å². The molecule has 0 aliphatic carbocycles. The number of nitrogens with one attached hydrogen (secondary N) is 1. The van der Waals surface area contributed by atoms with E-state index >= 15 is 0 Å². The highest BCUT2D eigenvalue weighted by Gasteiger charge is 2.12. The molecule has 29 heavy (non-hydrogen) atoms. The van der Waals surface area contributed by atoms with Gasteiger partial charge in [0.1, 0.15) is 17.3 Å². The number of carbonyl (C=O) groups excluding carboxylic acids is 1. The van der Waals surface area contributed by atoms with Crippen LogP contribution in [-0.2, 0) is 4.79 Å². The van der Waals surface area contributed by atoms with E-state index in [4.69, 9.17) is 9.47 Å². The minimum atomic E-state index is -0.393. The zero-order valence-electron chi connectivity index (χ0n) is 15.7. The van der Waals surface area contributed by atoms with Gasteiger partial charge in [0, 0.05) is 24.1 Å². The highest BCUT2D eigenvalue weighted by atomic mass is 32.2. The largest absolute Gasteiger partial charge is 0.497 e. The van der Waals surface area contributed by atoms with Crippen LogP contribution in [-0.4, -0.2) is 35.4 Å². The van der Waals surface area contributed by atoms with E-state index in [1.807, 2.05) is 0 Å². The molecule has 0 fully saturated rings. The summed E-state index contributed by atoms with van der Waals surface area (Å²) in [5.74, 6) is 0.321. The summed E-state index contributed by atoms with van der Waals surface area (Å²) in [6, 6.07) is 10.5. The van der Waals surface area contributed by atoms with Crippen molar-refractivity contribution in [3.63, 3.8) is 0 Å². The van der Waals surface area contributed by atoms with E-state index in [9.17, 15) is 14.0 Å². The number of anilines is 1. The molecule has 0 atom stereocenters. The second-order valence-corrected chi connectivity index (χ2v) is 6.75. The summed E-state index contributed by atoms with van der Waals surface area (Å²) in [4.78, 5) is 29.0. The molecule has 150 valence electrons. The average molecular weight is 415 g/mol. The summed E-state index contributed by atoms with van der Waals surface area (Å²) in [6.07, 6.45) is 2.94. The number of hydrogen-bond donors (Lipinski definition) is 1. The van der Waals surface area contributed by atoms with Crippen molar-refractivity contribution in [1.29, 1.82) is 0 Å². The fourth-order valence-electron chi connectivity index (χ4n) is 2.52. The summed E-state index contributed by atoms with van der Waals surface area (Å²) >= 11 is 1.01. The van der Waals surface area contributed by atoms with E-state index in [0.29, 0.717) is 22.9 Å². The van der Waals surface area contributed by atoms with Gasteiger partial charge in [0.05, 0.1) is 25.7 Å². The van der Waals surface area contributed by atoms with Gasteiger partial charge in [0.25, 0.3) is 5.56 Å². The highest BCUT2D eigenvalue weighted by Crippen LogP contribution is 2.29. The molecular formula is C20H18FN3O4S. The number of rotatable bonds is 7. The number of ether oxygens (including phenoxy) is 2. The normalized spacial score (nSPS) is 10.4. The molecule has 3 aromatic rings. The minimum absolute atomic E-state index is 0.0230. The summed E-state index contributed by atoms with van der Waals surface area (Å²) < 4.78 is 24.8. The van der Waals surface area contributed by atoms with Crippen molar-refractivity contribution in [1.82, 2.24) is 9.55 Å². The van der Waals surface area contributed by atoms with Gasteiger partial charge in [-0.3, -0.25) is 14.2 Å². The van der Waals surface area contributed by atoms with Gasteiger partial charge in [-0.2, -0.15) is 0 Å². The molecule has 1 N–H and O–H groups in total. The summed E-state index contributed by atoms with van der Waals surface area (Å²) in [5.41, 5.74) is 0.607. The van der Waals surface area contributed by atoms with Crippen LogP contribution in [0.1, 0.15) is 0 Å². The smallest absolute Gasteiger partial charge is 0.287 e. The molecule has 2 aromatic carbocycles. The number of carbonyl (C=O) groups is 1. The van der Waals surface area contributed by atoms with E-state index in [-0.39, 0.29) is 22.2 Å². The van der Waals surface area contributed by atoms with Crippen molar-refractivity contribution in [3.8, 4) is 17.2 Å². The predicted octanol–water partition coefficient (Wildman–Crippen LogP) is 3.12. The maximum atomic E-state index is 13.1. The van der Waals surface area contributed by atoms with Gasteiger partial charge >= 0.3 is 0 Å². The van der Waals surface area contributed by atoms with Gasteiger partial charge in [-0.25, -0.2) is 9.37 Å². The molecule has 0 radical (unpaired) electrons. The van der Waals surface area contributed by atoms with Crippen LogP contribution < -0.4 is 20.3 Å². The molecule has 0 aliphatic rings. The van der Waals surface area contributed by atoms with Gasteiger partial charge in [0.15, 0.2) is 5.03 Å². The highest BCUT2D eigenvalue weighted by molar-refractivity contribution is 7.99. The van der Waals surface area contributed by atoms with E-state index in [1.54, 1.807) is 18.2 Å². The third-order valence-corrected chi connectivity index (χ3v) is 4.90. The van der Waals surface area contributed by atoms with E-state index in [0.717, 1.165) is 11.8 Å². The Kier molecular flexibility index (Phi) is 6.50. The van der Waals surface area contributed by atoms with Crippen molar-refractivity contribution >= 4 is 23.4 Å². The van der Waals surface area contributed by atoms with Crippen molar-refractivity contribution in [2.75, 3.05) is 25.3 Å². The summed E-state index contributed by atoms with van der Waals surface area (Å²) in [7, 11) is 3.03. The van der Waals surface area contributed by atoms with Gasteiger partial charge in [-0.15, -0.1) is 0 Å². The first-order valence-electron chi connectivity index (χ1n) is 8.50. The monoisotopic (exact) mass is 415 g/mol. The van der Waals surface area contributed by atoms with Crippen LogP contribution in [0.5, 0.6) is 11.5 Å². The number of thioether (sulfide) groups is 1. The molecule has 0 spiro atoms. The molecule has 1 heterocycles. The number of amides is 1. The Labute approximate surface area is 170 Å². The molecular weight excluding hydrogens is 397 g/mol. The molecule has 0 unspecified atom stereocenters. The van der Waals surface area contributed by atoms with Gasteiger partial charge < -0.3 is 14.8 Å². The van der Waals surface area contributed by atoms with E-state index in [2.05, 4.69) is 10.3 Å². The molecule has 9 heteroatoms. The topological polar surface area (TPSA) is 82.5 Å². The van der Waals surface area contributed by atoms with E-state index in [1.165, 1.54) is 55.4 Å². The summed E-state index contributed by atoms with van der Waals surface area (Å²) in [6.45, 7) is 0. The van der Waals surface area contributed by atoms with Crippen LogP contribution in [0.2, 0.25) is 0 Å². The first-order valence-corrected chi connectivity index (χ1v) is 9.48. The average Bonchev–Trinajstić information content (AvgIpc) is 2.74. The Morgan fingerprint density at radius 3 is 2.62 bits per heavy atom. The fourth-order valence-corrected chi connectivity index (χ4v) is 3.22. The number of aromatic nitrogens is 2. The quantitative estimate of drug-likeness (QED) is 0.597. The fraction of sp³-hybridized carbons (Fsp3) is 0.150. The third kappa shape index (κ3) is 4.94. The minimum Gasteiger partial charge on any atom is -0.497 e. The zero-order chi connectivity index (χ0) is 20.8. The number of methoxy groups -OCH3 is 2. The Hall–Kier alpha value is -3.33. The molecule has 1 aromatic heterocycles. The van der Waals surface area contributed by atoms with Crippen LogP contribution in [0, 0.1) is 5.82 Å². The molecule has 0 aliphatic heterocycles. The molecule has 7 nitrogen and oxygen atoms in total. The molecule has 3 rings (SSSR count). The maximum absolute atomic E-state index is 13.1. The van der Waals surface area contributed by atoms with Crippen LogP contribution >= 0.6 is 11.8 Å².